The molecular weight excluding hydrogens is 260 g/mol. The van der Waals surface area contributed by atoms with Crippen LogP contribution in [-0.4, -0.2) is 27.9 Å². The molecule has 1 aromatic heterocycles. The average Bonchev–Trinajstić information content (AvgIpc) is 2.43. The minimum Gasteiger partial charge on any atom is -0.480 e. The van der Waals surface area contributed by atoms with Crippen LogP contribution in [0.15, 0.2) is 36.5 Å². The molecular formula is C14H16N2O2S. The van der Waals surface area contributed by atoms with Crippen LogP contribution in [0.1, 0.15) is 12.0 Å². The highest BCUT2D eigenvalue weighted by atomic mass is 32.2. The molecule has 19 heavy (non-hydrogen) atoms. The zero-order chi connectivity index (χ0) is 13.7. The van der Waals surface area contributed by atoms with E-state index in [0.717, 1.165) is 22.4 Å². The van der Waals surface area contributed by atoms with E-state index >= 15 is 0 Å². The Hall–Kier alpha value is -1.59. The number of hydrogen-bond donors (Lipinski definition) is 2. The Morgan fingerprint density at radius 1 is 1.37 bits per heavy atom. The number of nitrogens with zero attached hydrogens (tertiary/aromatic N) is 1. The van der Waals surface area contributed by atoms with Crippen molar-refractivity contribution in [2.45, 2.75) is 18.2 Å². The quantitative estimate of drug-likeness (QED) is 0.791. The maximum atomic E-state index is 10.6. The summed E-state index contributed by atoms with van der Waals surface area (Å²) in [7, 11) is 0. The predicted molar refractivity (Wildman–Crippen MR) is 78.1 cm³/mol. The van der Waals surface area contributed by atoms with Crippen LogP contribution < -0.4 is 5.73 Å². The van der Waals surface area contributed by atoms with Crippen molar-refractivity contribution in [3.05, 3.63) is 42.1 Å². The fourth-order valence-corrected chi connectivity index (χ4v) is 2.83. The summed E-state index contributed by atoms with van der Waals surface area (Å²) in [5.41, 5.74) is 7.67. The zero-order valence-corrected chi connectivity index (χ0v) is 11.3. The van der Waals surface area contributed by atoms with E-state index in [1.807, 2.05) is 24.3 Å². The van der Waals surface area contributed by atoms with Gasteiger partial charge in [-0.05, 0) is 29.9 Å². The van der Waals surface area contributed by atoms with E-state index in [1.165, 1.54) is 5.56 Å². The molecule has 0 fully saturated rings. The predicted octanol–water partition coefficient (Wildman–Crippen LogP) is 2.27. The lowest BCUT2D eigenvalue weighted by molar-refractivity contribution is -0.138. The van der Waals surface area contributed by atoms with Crippen LogP contribution in [0.2, 0.25) is 0 Å². The Morgan fingerprint density at radius 2 is 2.16 bits per heavy atom. The van der Waals surface area contributed by atoms with Gasteiger partial charge < -0.3 is 10.8 Å². The number of carboxylic acids is 1. The topological polar surface area (TPSA) is 76.2 Å². The van der Waals surface area contributed by atoms with E-state index in [1.54, 1.807) is 18.0 Å². The van der Waals surface area contributed by atoms with Gasteiger partial charge in [-0.3, -0.25) is 9.78 Å². The first kappa shape index (κ1) is 13.8. The summed E-state index contributed by atoms with van der Waals surface area (Å²) in [6, 6.07) is 9.26. The molecule has 0 aliphatic heterocycles. The first-order valence-electron chi connectivity index (χ1n) is 6.07. The summed E-state index contributed by atoms with van der Waals surface area (Å²) in [4.78, 5) is 14.9. The molecule has 0 aliphatic rings. The summed E-state index contributed by atoms with van der Waals surface area (Å²) in [6.07, 6.45) is 2.30. The Kier molecular flexibility index (Phi) is 4.76. The number of fused-ring (bicyclic) bond motifs is 1. The van der Waals surface area contributed by atoms with Gasteiger partial charge in [0.2, 0.25) is 0 Å². The van der Waals surface area contributed by atoms with Crippen LogP contribution in [0.25, 0.3) is 10.9 Å². The number of nitrogens with two attached hydrogens (primary N) is 1. The number of pyridine rings is 1. The number of rotatable bonds is 6. The zero-order valence-electron chi connectivity index (χ0n) is 10.5. The van der Waals surface area contributed by atoms with Crippen molar-refractivity contribution in [1.82, 2.24) is 4.98 Å². The van der Waals surface area contributed by atoms with Crippen LogP contribution in [0.3, 0.4) is 0 Å². The van der Waals surface area contributed by atoms with Crippen LogP contribution in [0.5, 0.6) is 0 Å². The number of aliphatic carboxylic acids is 1. The molecule has 100 valence electrons. The molecule has 2 aromatic rings. The van der Waals surface area contributed by atoms with Crippen molar-refractivity contribution < 1.29 is 9.90 Å². The Morgan fingerprint density at radius 3 is 2.95 bits per heavy atom. The largest absolute Gasteiger partial charge is 0.480 e. The van der Waals surface area contributed by atoms with Gasteiger partial charge in [-0.2, -0.15) is 11.8 Å². The third kappa shape index (κ3) is 3.68. The molecule has 1 heterocycles. The molecule has 0 bridgehead atoms. The van der Waals surface area contributed by atoms with E-state index < -0.39 is 12.0 Å². The fraction of sp³-hybridized carbons (Fsp3) is 0.286. The number of carbonyl (C=O) groups is 1. The average molecular weight is 276 g/mol. The van der Waals surface area contributed by atoms with Crippen molar-refractivity contribution in [2.24, 2.45) is 5.73 Å². The van der Waals surface area contributed by atoms with E-state index in [4.69, 9.17) is 10.8 Å². The highest BCUT2D eigenvalue weighted by Gasteiger charge is 2.10. The van der Waals surface area contributed by atoms with E-state index in [0.29, 0.717) is 6.42 Å². The Labute approximate surface area is 116 Å². The summed E-state index contributed by atoms with van der Waals surface area (Å²) >= 11 is 1.70. The lowest BCUT2D eigenvalue weighted by atomic mass is 10.1. The summed E-state index contributed by atoms with van der Waals surface area (Å²) in [5, 5.41) is 9.85. The SMILES string of the molecule is NC(CCSCc1ccnc2ccccc12)C(=O)O. The van der Waals surface area contributed by atoms with Crippen molar-refractivity contribution >= 4 is 28.6 Å². The van der Waals surface area contributed by atoms with Crippen LogP contribution in [-0.2, 0) is 10.5 Å². The molecule has 1 unspecified atom stereocenters. The first-order chi connectivity index (χ1) is 9.18. The minimum absolute atomic E-state index is 0.489. The number of hydrogen-bond acceptors (Lipinski definition) is 4. The highest BCUT2D eigenvalue weighted by Crippen LogP contribution is 2.21. The lowest BCUT2D eigenvalue weighted by Gasteiger charge is -2.07. The van der Waals surface area contributed by atoms with Crippen molar-refractivity contribution in [3.8, 4) is 0 Å². The second-order valence-corrected chi connectivity index (χ2v) is 5.38. The first-order valence-corrected chi connectivity index (χ1v) is 7.22. The number of para-hydroxylation sites is 1. The van der Waals surface area contributed by atoms with E-state index in [-0.39, 0.29) is 0 Å². The molecule has 5 heteroatoms. The van der Waals surface area contributed by atoms with Crippen LogP contribution in [0, 0.1) is 0 Å². The molecule has 1 atom stereocenters. The maximum absolute atomic E-state index is 10.6. The second kappa shape index (κ2) is 6.54. The van der Waals surface area contributed by atoms with Crippen molar-refractivity contribution in [3.63, 3.8) is 0 Å². The molecule has 0 radical (unpaired) electrons. The number of thioether (sulfide) groups is 1. The van der Waals surface area contributed by atoms with Gasteiger partial charge in [-0.1, -0.05) is 18.2 Å². The molecule has 1 aromatic carbocycles. The van der Waals surface area contributed by atoms with Gasteiger partial charge in [0, 0.05) is 17.3 Å². The van der Waals surface area contributed by atoms with Crippen molar-refractivity contribution in [1.29, 1.82) is 0 Å². The number of carboxylic acid groups (broad SMARTS) is 1. The van der Waals surface area contributed by atoms with Crippen LogP contribution in [0.4, 0.5) is 0 Å². The lowest BCUT2D eigenvalue weighted by Crippen LogP contribution is -2.30. The summed E-state index contributed by atoms with van der Waals surface area (Å²) in [5.74, 6) is 0.648. The van der Waals surface area contributed by atoms with E-state index in [2.05, 4.69) is 11.1 Å². The van der Waals surface area contributed by atoms with Gasteiger partial charge in [0.15, 0.2) is 0 Å². The molecule has 4 nitrogen and oxygen atoms in total. The number of benzene rings is 1. The van der Waals surface area contributed by atoms with Gasteiger partial charge in [-0.25, -0.2) is 0 Å². The standard InChI is InChI=1S/C14H16N2O2S/c15-12(14(17)18)6-8-19-9-10-5-7-16-13-4-2-1-3-11(10)13/h1-5,7,12H,6,8-9,15H2,(H,17,18). The van der Waals surface area contributed by atoms with Gasteiger partial charge in [-0.15, -0.1) is 0 Å². The van der Waals surface area contributed by atoms with Gasteiger partial charge in [0.05, 0.1) is 5.52 Å². The second-order valence-electron chi connectivity index (χ2n) is 4.27. The third-order valence-electron chi connectivity index (χ3n) is 2.89. The summed E-state index contributed by atoms with van der Waals surface area (Å²) in [6.45, 7) is 0. The van der Waals surface area contributed by atoms with Gasteiger partial charge in [0.1, 0.15) is 6.04 Å². The van der Waals surface area contributed by atoms with Crippen LogP contribution >= 0.6 is 11.8 Å². The number of aromatic nitrogens is 1. The molecule has 3 N–H and O–H groups in total. The molecule has 0 saturated heterocycles. The highest BCUT2D eigenvalue weighted by molar-refractivity contribution is 7.98. The molecule has 2 rings (SSSR count). The molecule has 0 saturated carbocycles. The summed E-state index contributed by atoms with van der Waals surface area (Å²) < 4.78 is 0. The fourth-order valence-electron chi connectivity index (χ4n) is 1.80. The Bertz CT molecular complexity index is 569. The minimum atomic E-state index is -0.935. The Balaban J connectivity index is 1.93. The van der Waals surface area contributed by atoms with Gasteiger partial charge >= 0.3 is 5.97 Å². The molecule has 0 amide bonds. The monoisotopic (exact) mass is 276 g/mol. The smallest absolute Gasteiger partial charge is 0.320 e. The molecule has 0 spiro atoms. The van der Waals surface area contributed by atoms with E-state index in [9.17, 15) is 4.79 Å². The normalized spacial score (nSPS) is 12.5. The van der Waals surface area contributed by atoms with Crippen molar-refractivity contribution in [2.75, 3.05) is 5.75 Å². The van der Waals surface area contributed by atoms with Gasteiger partial charge in [0.25, 0.3) is 0 Å². The third-order valence-corrected chi connectivity index (χ3v) is 3.93. The molecule has 0 aliphatic carbocycles. The maximum Gasteiger partial charge on any atom is 0.320 e.